The van der Waals surface area contributed by atoms with Crippen LogP contribution in [0.25, 0.3) is 0 Å². The summed E-state index contributed by atoms with van der Waals surface area (Å²) in [5.41, 5.74) is 3.94. The molecule has 0 aliphatic rings. The van der Waals surface area contributed by atoms with Gasteiger partial charge in [0.15, 0.2) is 0 Å². The van der Waals surface area contributed by atoms with Crippen LogP contribution in [0.4, 0.5) is 0 Å². The highest BCUT2D eigenvalue weighted by atomic mass is 16.3. The molecule has 5 nitrogen and oxygen atoms in total. The first-order chi connectivity index (χ1) is 4.16. The summed E-state index contributed by atoms with van der Waals surface area (Å²) >= 11 is 0. The van der Waals surface area contributed by atoms with Gasteiger partial charge in [0.05, 0.1) is 0 Å². The minimum atomic E-state index is -0.634. The Morgan fingerprint density at radius 1 is 1.44 bits per heavy atom. The van der Waals surface area contributed by atoms with Crippen LogP contribution in [0.1, 0.15) is 6.92 Å². The molecular formula is C4H8N2O3. The summed E-state index contributed by atoms with van der Waals surface area (Å²) in [6.07, 6.45) is 0. The molecule has 3 N–H and O–H groups in total. The monoisotopic (exact) mass is 132 g/mol. The predicted octanol–water partition coefficient (Wildman–Crippen LogP) is -1.85. The van der Waals surface area contributed by atoms with Crippen molar-refractivity contribution in [1.82, 2.24) is 10.9 Å². The van der Waals surface area contributed by atoms with Gasteiger partial charge in [-0.1, -0.05) is 0 Å². The first kappa shape index (κ1) is 7.90. The van der Waals surface area contributed by atoms with Gasteiger partial charge in [0, 0.05) is 6.92 Å². The molecule has 52 valence electrons. The van der Waals surface area contributed by atoms with Crippen LogP contribution in [0.5, 0.6) is 0 Å². The third kappa shape index (κ3) is 4.76. The summed E-state index contributed by atoms with van der Waals surface area (Å²) in [6, 6.07) is 0. The van der Waals surface area contributed by atoms with Gasteiger partial charge in [-0.3, -0.25) is 20.4 Å². The van der Waals surface area contributed by atoms with E-state index in [9.17, 15) is 9.59 Å². The summed E-state index contributed by atoms with van der Waals surface area (Å²) in [5.74, 6) is -1.01. The van der Waals surface area contributed by atoms with E-state index in [0.717, 1.165) is 0 Å². The zero-order chi connectivity index (χ0) is 7.28. The third-order valence-corrected chi connectivity index (χ3v) is 0.522. The van der Waals surface area contributed by atoms with Crippen molar-refractivity contribution >= 4 is 11.8 Å². The van der Waals surface area contributed by atoms with Gasteiger partial charge in [-0.25, -0.2) is 0 Å². The number of aliphatic hydroxyl groups excluding tert-OH is 1. The quantitative estimate of drug-likeness (QED) is 0.366. The maximum Gasteiger partial charge on any atom is 0.264 e. The lowest BCUT2D eigenvalue weighted by Crippen LogP contribution is -2.41. The van der Waals surface area contributed by atoms with Crippen molar-refractivity contribution < 1.29 is 14.7 Å². The average Bonchev–Trinajstić information content (AvgIpc) is 1.83. The zero-order valence-electron chi connectivity index (χ0n) is 4.97. The number of rotatable bonds is 1. The lowest BCUT2D eigenvalue weighted by molar-refractivity contribution is -0.129. The molecule has 0 unspecified atom stereocenters. The second-order valence-corrected chi connectivity index (χ2v) is 1.39. The Morgan fingerprint density at radius 3 is 2.33 bits per heavy atom. The molecule has 0 aromatic heterocycles. The molecule has 0 rings (SSSR count). The van der Waals surface area contributed by atoms with Crippen molar-refractivity contribution in [1.29, 1.82) is 0 Å². The van der Waals surface area contributed by atoms with E-state index in [-0.39, 0.29) is 5.91 Å². The van der Waals surface area contributed by atoms with Crippen LogP contribution in [-0.2, 0) is 9.59 Å². The van der Waals surface area contributed by atoms with E-state index >= 15 is 0 Å². The van der Waals surface area contributed by atoms with Crippen molar-refractivity contribution in [2.24, 2.45) is 0 Å². The highest BCUT2D eigenvalue weighted by Crippen LogP contribution is 1.57. The van der Waals surface area contributed by atoms with Crippen molar-refractivity contribution in [2.45, 2.75) is 6.92 Å². The predicted molar refractivity (Wildman–Crippen MR) is 29.0 cm³/mol. The molecular weight excluding hydrogens is 124 g/mol. The number of hydrogen-bond acceptors (Lipinski definition) is 3. The first-order valence-corrected chi connectivity index (χ1v) is 2.33. The summed E-state index contributed by atoms with van der Waals surface area (Å²) in [5, 5.41) is 8.08. The van der Waals surface area contributed by atoms with E-state index < -0.39 is 12.5 Å². The standard InChI is InChI=1S/C4H8N2O3/c1-3(8)5-6-4(9)2-7/h7H,2H2,1H3,(H,5,8)(H,6,9). The SMILES string of the molecule is CC(=O)NNC(=O)CO. The van der Waals surface area contributed by atoms with Gasteiger partial charge < -0.3 is 5.11 Å². The molecule has 0 aromatic carbocycles. The number of amides is 2. The Bertz CT molecular complexity index is 123. The van der Waals surface area contributed by atoms with Crippen LogP contribution in [0.2, 0.25) is 0 Å². The number of hydrogen-bond donors (Lipinski definition) is 3. The molecule has 0 spiro atoms. The Hall–Kier alpha value is -1.10. The molecule has 0 aliphatic heterocycles. The molecule has 5 heteroatoms. The van der Waals surface area contributed by atoms with Gasteiger partial charge >= 0.3 is 0 Å². The van der Waals surface area contributed by atoms with E-state index in [4.69, 9.17) is 5.11 Å². The smallest absolute Gasteiger partial charge is 0.264 e. The maximum absolute atomic E-state index is 10.1. The van der Waals surface area contributed by atoms with Crippen molar-refractivity contribution in [3.8, 4) is 0 Å². The molecule has 0 fully saturated rings. The summed E-state index contributed by atoms with van der Waals surface area (Å²) in [6.45, 7) is 0.623. The summed E-state index contributed by atoms with van der Waals surface area (Å²) in [7, 11) is 0. The molecule has 0 saturated carbocycles. The van der Waals surface area contributed by atoms with E-state index in [2.05, 4.69) is 0 Å². The molecule has 0 heterocycles. The van der Waals surface area contributed by atoms with Crippen LogP contribution < -0.4 is 10.9 Å². The van der Waals surface area contributed by atoms with Crippen LogP contribution in [0, 0.1) is 0 Å². The summed E-state index contributed by atoms with van der Waals surface area (Å²) in [4.78, 5) is 20.2. The average molecular weight is 132 g/mol. The molecule has 0 radical (unpaired) electrons. The fourth-order valence-electron chi connectivity index (χ4n) is 0.197. The van der Waals surface area contributed by atoms with Gasteiger partial charge in [-0.15, -0.1) is 0 Å². The largest absolute Gasteiger partial charge is 0.386 e. The van der Waals surface area contributed by atoms with Gasteiger partial charge in [-0.05, 0) is 0 Å². The maximum atomic E-state index is 10.1. The highest BCUT2D eigenvalue weighted by molar-refractivity contribution is 5.81. The molecule has 0 saturated heterocycles. The Morgan fingerprint density at radius 2 is 2.00 bits per heavy atom. The van der Waals surface area contributed by atoms with Gasteiger partial charge in [0.2, 0.25) is 5.91 Å². The van der Waals surface area contributed by atoms with Crippen LogP contribution in [-0.4, -0.2) is 23.5 Å². The molecule has 9 heavy (non-hydrogen) atoms. The van der Waals surface area contributed by atoms with E-state index in [1.165, 1.54) is 6.92 Å². The molecule has 0 aromatic rings. The van der Waals surface area contributed by atoms with Crippen molar-refractivity contribution in [3.05, 3.63) is 0 Å². The topological polar surface area (TPSA) is 78.4 Å². The molecule has 0 atom stereocenters. The number of hydrazine groups is 1. The Labute approximate surface area is 52.0 Å². The number of carbonyl (C=O) groups excluding carboxylic acids is 2. The second kappa shape index (κ2) is 3.85. The van der Waals surface area contributed by atoms with Crippen LogP contribution >= 0.6 is 0 Å². The fourth-order valence-corrected chi connectivity index (χ4v) is 0.197. The molecule has 0 bridgehead atoms. The molecule has 2 amide bonds. The Kier molecular flexibility index (Phi) is 3.38. The van der Waals surface area contributed by atoms with Crippen molar-refractivity contribution in [2.75, 3.05) is 6.61 Å². The first-order valence-electron chi connectivity index (χ1n) is 2.33. The lowest BCUT2D eigenvalue weighted by atomic mass is 10.7. The summed E-state index contributed by atoms with van der Waals surface area (Å²) < 4.78 is 0. The normalized spacial score (nSPS) is 8.22. The second-order valence-electron chi connectivity index (χ2n) is 1.39. The Balaban J connectivity index is 3.28. The number of aliphatic hydroxyl groups is 1. The van der Waals surface area contributed by atoms with Gasteiger partial charge in [-0.2, -0.15) is 0 Å². The van der Waals surface area contributed by atoms with Crippen molar-refractivity contribution in [3.63, 3.8) is 0 Å². The van der Waals surface area contributed by atoms with E-state index in [0.29, 0.717) is 0 Å². The third-order valence-electron chi connectivity index (χ3n) is 0.522. The molecule has 0 aliphatic carbocycles. The minimum Gasteiger partial charge on any atom is -0.386 e. The van der Waals surface area contributed by atoms with Crippen LogP contribution in [0.15, 0.2) is 0 Å². The minimum absolute atomic E-state index is 0.378. The van der Waals surface area contributed by atoms with Gasteiger partial charge in [0.1, 0.15) is 6.61 Å². The fraction of sp³-hybridized carbons (Fsp3) is 0.500. The zero-order valence-corrected chi connectivity index (χ0v) is 4.97. The van der Waals surface area contributed by atoms with Crippen LogP contribution in [0.3, 0.4) is 0 Å². The number of carbonyl (C=O) groups is 2. The lowest BCUT2D eigenvalue weighted by Gasteiger charge is -2.00. The van der Waals surface area contributed by atoms with E-state index in [1.54, 1.807) is 0 Å². The van der Waals surface area contributed by atoms with E-state index in [1.807, 2.05) is 10.9 Å². The van der Waals surface area contributed by atoms with Gasteiger partial charge in [0.25, 0.3) is 5.91 Å². The highest BCUT2D eigenvalue weighted by Gasteiger charge is 1.95. The number of nitrogens with one attached hydrogen (secondary N) is 2.